The number of hydrogen-bond acceptors (Lipinski definition) is 8. The molecule has 0 amide bonds. The maximum Gasteiger partial charge on any atom is 0.335 e. The minimum atomic E-state index is -1.09. The molecule has 2 unspecified atom stereocenters. The van der Waals surface area contributed by atoms with Crippen molar-refractivity contribution in [3.05, 3.63) is 227 Å². The van der Waals surface area contributed by atoms with Crippen LogP contribution in [0.25, 0.3) is 16.7 Å². The second-order valence-electron chi connectivity index (χ2n) is 14.2. The van der Waals surface area contributed by atoms with Crippen molar-refractivity contribution in [1.82, 2.24) is 9.97 Å². The third-order valence-corrected chi connectivity index (χ3v) is 10.7. The Morgan fingerprint density at radius 1 is 0.600 bits per heavy atom. The van der Waals surface area contributed by atoms with E-state index in [0.717, 1.165) is 0 Å². The molecule has 4 N–H and O–H groups in total. The highest BCUT2D eigenvalue weighted by atomic mass is 16.6. The first-order valence-corrected chi connectivity index (χ1v) is 18.6. The lowest BCUT2D eigenvalue weighted by atomic mass is 9.88. The van der Waals surface area contributed by atoms with Gasteiger partial charge in [0.1, 0.15) is 0 Å². The van der Waals surface area contributed by atoms with Gasteiger partial charge in [0.15, 0.2) is 0 Å². The number of fused-ring (bicyclic) bond motifs is 6. The molecule has 4 aromatic carbocycles. The average molecular weight is 795 g/mol. The van der Waals surface area contributed by atoms with Crippen LogP contribution in [0.4, 0.5) is 11.4 Å². The molecule has 0 fully saturated rings. The van der Waals surface area contributed by atoms with Crippen LogP contribution < -0.4 is 10.7 Å². The van der Waals surface area contributed by atoms with Gasteiger partial charge in [-0.05, 0) is 84.0 Å². The number of carboxylic acids is 2. The van der Waals surface area contributed by atoms with Crippen molar-refractivity contribution in [2.24, 2.45) is 9.98 Å². The number of nitro groups is 2. The molecular weight excluding hydrogens is 765 g/mol. The summed E-state index contributed by atoms with van der Waals surface area (Å²) in [5.74, 6) is -2.89. The Bertz CT molecular complexity index is 3110. The Morgan fingerprint density at radius 2 is 1.20 bits per heavy atom. The summed E-state index contributed by atoms with van der Waals surface area (Å²) in [6.45, 7) is 0. The van der Waals surface area contributed by atoms with E-state index in [1.165, 1.54) is 36.4 Å². The summed E-state index contributed by atoms with van der Waals surface area (Å²) in [7, 11) is 0. The topological polar surface area (TPSA) is 217 Å². The second kappa shape index (κ2) is 14.8. The number of allylic oxidation sites excluding steroid dienone is 3. The van der Waals surface area contributed by atoms with Crippen LogP contribution >= 0.6 is 0 Å². The van der Waals surface area contributed by atoms with Crippen molar-refractivity contribution in [3.63, 3.8) is 0 Å². The number of aliphatic imine (C=N–C) groups is 2. The quantitative estimate of drug-likeness (QED) is 0.0932. The van der Waals surface area contributed by atoms with Gasteiger partial charge in [0.05, 0.1) is 55.6 Å². The summed E-state index contributed by atoms with van der Waals surface area (Å²) in [5.41, 5.74) is 6.01. The summed E-state index contributed by atoms with van der Waals surface area (Å²) in [6.07, 6.45) is 7.24. The van der Waals surface area contributed by atoms with Gasteiger partial charge in [0.2, 0.25) is 0 Å². The number of nitro benzene ring substituents is 2. The van der Waals surface area contributed by atoms with E-state index in [0.29, 0.717) is 78.2 Å². The zero-order valence-electron chi connectivity index (χ0n) is 31.1. The highest BCUT2D eigenvalue weighted by molar-refractivity contribution is 6.31. The summed E-state index contributed by atoms with van der Waals surface area (Å²) in [5, 5.41) is 45.4. The predicted molar refractivity (Wildman–Crippen MR) is 224 cm³/mol. The van der Waals surface area contributed by atoms with Gasteiger partial charge in [-0.3, -0.25) is 25.2 Å². The van der Waals surface area contributed by atoms with Gasteiger partial charge in [-0.1, -0.05) is 60.7 Å². The van der Waals surface area contributed by atoms with Gasteiger partial charge >= 0.3 is 11.9 Å². The van der Waals surface area contributed by atoms with Crippen molar-refractivity contribution in [2.75, 3.05) is 0 Å². The largest absolute Gasteiger partial charge is 0.478 e. The number of benzene rings is 4. The van der Waals surface area contributed by atoms with Crippen LogP contribution in [0.3, 0.4) is 0 Å². The van der Waals surface area contributed by atoms with E-state index >= 15 is 0 Å². The first kappa shape index (κ1) is 37.1. The van der Waals surface area contributed by atoms with Crippen molar-refractivity contribution in [2.45, 2.75) is 12.0 Å². The van der Waals surface area contributed by atoms with E-state index in [4.69, 9.17) is 9.98 Å². The maximum atomic E-state index is 12.5. The molecule has 3 aliphatic heterocycles. The van der Waals surface area contributed by atoms with Gasteiger partial charge in [-0.2, -0.15) is 0 Å². The fraction of sp³-hybridized carbons (Fsp3) is 0.0435. The van der Waals surface area contributed by atoms with Gasteiger partial charge in [0, 0.05) is 56.5 Å². The van der Waals surface area contributed by atoms with Crippen LogP contribution in [0.2, 0.25) is 0 Å². The number of carboxylic acid groups (broad SMARTS) is 2. The lowest BCUT2D eigenvalue weighted by Crippen LogP contribution is -2.22. The van der Waals surface area contributed by atoms with Crippen LogP contribution in [0.1, 0.15) is 60.3 Å². The zero-order valence-corrected chi connectivity index (χ0v) is 31.1. The molecule has 0 aliphatic carbocycles. The Balaban J connectivity index is 1.39. The molecule has 2 aromatic heterocycles. The normalized spacial score (nSPS) is 19.8. The number of rotatable bonds is 8. The maximum absolute atomic E-state index is 12.5. The number of aromatic carboxylic acids is 2. The molecule has 6 aromatic rings. The molecular formula is C46H30N6O8. The summed E-state index contributed by atoms with van der Waals surface area (Å²) >= 11 is 0. The molecule has 9 rings (SSSR count). The summed E-state index contributed by atoms with van der Waals surface area (Å²) in [4.78, 5) is 65.1. The van der Waals surface area contributed by atoms with Gasteiger partial charge in [0.25, 0.3) is 11.4 Å². The zero-order chi connectivity index (χ0) is 41.7. The Hall–Kier alpha value is -8.52. The standard InChI is InChI=1S/C46H30N6O8/c53-45(54)27-13-9-25(10-14-27)41-31-17-21-35(47-31)43(29-5-1-3-7-39(29)51(57)58)36-22-18-32(48-36)42(26-11-15-28(16-12-26)46(55)56)34-20-24-38(50-34)44(37-23-19-33(41)49-37)30-6-2-4-8-40(30)52(59)60/h1-24,35,43,48-49H,(H,53,54)(H,55,56)/b41-33-,42-34-,44-37-. The molecule has 5 heterocycles. The molecule has 8 bridgehead atoms. The molecule has 60 heavy (non-hydrogen) atoms. The molecule has 0 saturated heterocycles. The third-order valence-electron chi connectivity index (χ3n) is 10.7. The van der Waals surface area contributed by atoms with Gasteiger partial charge in [-0.15, -0.1) is 0 Å². The lowest BCUT2D eigenvalue weighted by Gasteiger charge is -2.20. The van der Waals surface area contributed by atoms with E-state index < -0.39 is 33.7 Å². The number of nitrogens with one attached hydrogen (secondary N) is 2. The van der Waals surface area contributed by atoms with Crippen LogP contribution in [-0.4, -0.2) is 59.4 Å². The van der Waals surface area contributed by atoms with E-state index in [2.05, 4.69) is 9.97 Å². The molecule has 3 aliphatic rings. The third kappa shape index (κ3) is 6.53. The van der Waals surface area contributed by atoms with Crippen molar-refractivity contribution < 1.29 is 29.6 Å². The molecule has 0 saturated carbocycles. The second-order valence-corrected chi connectivity index (χ2v) is 14.2. The van der Waals surface area contributed by atoms with Gasteiger partial charge < -0.3 is 20.2 Å². The number of nitrogens with zero attached hydrogens (tertiary/aromatic N) is 4. The Kier molecular flexibility index (Phi) is 9.13. The van der Waals surface area contributed by atoms with E-state index in [9.17, 15) is 40.0 Å². The first-order chi connectivity index (χ1) is 29.0. The monoisotopic (exact) mass is 794 g/mol. The van der Waals surface area contributed by atoms with Crippen LogP contribution in [0.15, 0.2) is 161 Å². The van der Waals surface area contributed by atoms with E-state index in [1.54, 1.807) is 78.9 Å². The molecule has 0 spiro atoms. The number of hydrogen-bond donors (Lipinski definition) is 4. The molecule has 2 atom stereocenters. The fourth-order valence-electron chi connectivity index (χ4n) is 8.00. The summed E-state index contributed by atoms with van der Waals surface area (Å²) < 4.78 is 0. The smallest absolute Gasteiger partial charge is 0.335 e. The first-order valence-electron chi connectivity index (χ1n) is 18.6. The Morgan fingerprint density at radius 3 is 1.85 bits per heavy atom. The van der Waals surface area contributed by atoms with Crippen molar-refractivity contribution in [3.8, 4) is 0 Å². The van der Waals surface area contributed by atoms with Crippen LogP contribution in [0, 0.1) is 20.2 Å². The number of H-pyrrole nitrogens is 2. The van der Waals surface area contributed by atoms with Crippen molar-refractivity contribution >= 4 is 51.5 Å². The average Bonchev–Trinajstić information content (AvgIpc) is 4.10. The van der Waals surface area contributed by atoms with Crippen LogP contribution in [0.5, 0.6) is 0 Å². The molecule has 14 heteroatoms. The fourth-order valence-corrected chi connectivity index (χ4v) is 8.00. The number of aromatic amines is 2. The van der Waals surface area contributed by atoms with Crippen LogP contribution in [-0.2, 0) is 0 Å². The summed E-state index contributed by atoms with van der Waals surface area (Å²) in [6, 6.07) is 32.1. The van der Waals surface area contributed by atoms with E-state index in [-0.39, 0.29) is 22.5 Å². The molecule has 292 valence electrons. The predicted octanol–water partition coefficient (Wildman–Crippen LogP) is 6.95. The number of aromatic nitrogens is 2. The minimum absolute atomic E-state index is 0.0811. The highest BCUT2D eigenvalue weighted by Gasteiger charge is 2.34. The van der Waals surface area contributed by atoms with Crippen molar-refractivity contribution in [1.29, 1.82) is 0 Å². The lowest BCUT2D eigenvalue weighted by molar-refractivity contribution is -0.385. The molecule has 14 nitrogen and oxygen atoms in total. The number of para-hydroxylation sites is 2. The SMILES string of the molecule is O=C(O)c1ccc(/C2=C3\C=CC(=N3)/C(c3ccccc3[N+](=O)[O-])=c3/cc/c([nH]3)=C(\c3ccc(C(=O)O)cc3)C3=NC(C=C3)C(c3ccccc3[N+](=O)[O-])c3ccc2[nH]3)cc1. The minimum Gasteiger partial charge on any atom is -0.478 e. The Labute approximate surface area is 339 Å². The van der Waals surface area contributed by atoms with E-state index in [1.807, 2.05) is 30.4 Å². The number of carbonyl (C=O) groups is 2. The molecule has 0 radical (unpaired) electrons. The van der Waals surface area contributed by atoms with Gasteiger partial charge in [-0.25, -0.2) is 14.6 Å². The highest BCUT2D eigenvalue weighted by Crippen LogP contribution is 2.40.